The molecular weight excluding hydrogens is 320 g/mol. The quantitative estimate of drug-likeness (QED) is 0.871. The molecule has 0 saturated carbocycles. The number of hydrogen-bond donors (Lipinski definition) is 1. The Balaban J connectivity index is 1.71. The van der Waals surface area contributed by atoms with Crippen LogP contribution in [0, 0.1) is 0 Å². The van der Waals surface area contributed by atoms with Crippen LogP contribution >= 0.6 is 0 Å². The first-order valence-electron chi connectivity index (χ1n) is 9.05. The third-order valence-electron chi connectivity index (χ3n) is 5.04. The van der Waals surface area contributed by atoms with Crippen molar-refractivity contribution in [1.29, 1.82) is 0 Å². The summed E-state index contributed by atoms with van der Waals surface area (Å²) in [6.07, 6.45) is 5.29. The van der Waals surface area contributed by atoms with Crippen molar-refractivity contribution >= 4 is 5.91 Å². The highest BCUT2D eigenvalue weighted by molar-refractivity contribution is 5.93. The minimum atomic E-state index is -0.121. The van der Waals surface area contributed by atoms with Gasteiger partial charge in [-0.1, -0.05) is 6.92 Å². The zero-order valence-corrected chi connectivity index (χ0v) is 15.3. The van der Waals surface area contributed by atoms with E-state index < -0.39 is 0 Å². The van der Waals surface area contributed by atoms with Gasteiger partial charge in [-0.25, -0.2) is 4.98 Å². The molecule has 3 rings (SSSR count). The third kappa shape index (κ3) is 3.88. The summed E-state index contributed by atoms with van der Waals surface area (Å²) in [6, 6.07) is 0.0386. The Morgan fingerprint density at radius 3 is 2.96 bits per heavy atom. The van der Waals surface area contributed by atoms with E-state index in [1.165, 1.54) is 0 Å². The fourth-order valence-corrected chi connectivity index (χ4v) is 3.61. The summed E-state index contributed by atoms with van der Waals surface area (Å²) >= 11 is 0. The standard InChI is InChI=1S/C18H28N4O3/c1-4-22-9-11-25-15(16(22)17-19-7-8-21(17)3)12-20-18(23)14-6-5-10-24-13(14)2/h7-8,15-16H,4-6,9-12H2,1-3H3,(H,20,23)/t15-,16+/m0/s1. The van der Waals surface area contributed by atoms with Crippen LogP contribution in [0.15, 0.2) is 23.7 Å². The maximum Gasteiger partial charge on any atom is 0.250 e. The van der Waals surface area contributed by atoms with Crippen molar-refractivity contribution in [3.05, 3.63) is 29.6 Å². The van der Waals surface area contributed by atoms with Crippen LogP contribution in [-0.4, -0.2) is 59.3 Å². The van der Waals surface area contributed by atoms with E-state index in [4.69, 9.17) is 9.47 Å². The fourth-order valence-electron chi connectivity index (χ4n) is 3.61. The average Bonchev–Trinajstić information content (AvgIpc) is 3.05. The first kappa shape index (κ1) is 17.9. The number of ether oxygens (including phenoxy) is 2. The van der Waals surface area contributed by atoms with Gasteiger partial charge in [-0.05, 0) is 26.3 Å². The van der Waals surface area contributed by atoms with Crippen molar-refractivity contribution in [3.63, 3.8) is 0 Å². The van der Waals surface area contributed by atoms with E-state index in [9.17, 15) is 4.79 Å². The molecule has 0 aromatic carbocycles. The van der Waals surface area contributed by atoms with Gasteiger partial charge >= 0.3 is 0 Å². The third-order valence-corrected chi connectivity index (χ3v) is 5.04. The Morgan fingerprint density at radius 2 is 2.28 bits per heavy atom. The summed E-state index contributed by atoms with van der Waals surface area (Å²) in [5.41, 5.74) is 0.753. The van der Waals surface area contributed by atoms with Crippen LogP contribution < -0.4 is 5.32 Å². The number of nitrogens with one attached hydrogen (secondary N) is 1. The number of aromatic nitrogens is 2. The highest BCUT2D eigenvalue weighted by Gasteiger charge is 2.35. The second-order valence-electron chi connectivity index (χ2n) is 6.58. The molecule has 1 aromatic rings. The normalized spacial score (nSPS) is 24.9. The molecule has 7 heteroatoms. The van der Waals surface area contributed by atoms with Crippen LogP contribution in [-0.2, 0) is 21.3 Å². The molecule has 25 heavy (non-hydrogen) atoms. The lowest BCUT2D eigenvalue weighted by molar-refractivity contribution is -0.120. The SMILES string of the molecule is CCN1CCO[C@@H](CNC(=O)C2=C(C)OCCC2)[C@@H]1c1nccn1C. The predicted molar refractivity (Wildman–Crippen MR) is 93.8 cm³/mol. The van der Waals surface area contributed by atoms with Crippen LogP contribution in [0.4, 0.5) is 0 Å². The van der Waals surface area contributed by atoms with E-state index in [1.54, 1.807) is 6.20 Å². The van der Waals surface area contributed by atoms with Gasteiger partial charge in [0.05, 0.1) is 30.9 Å². The number of hydrogen-bond acceptors (Lipinski definition) is 5. The number of rotatable bonds is 5. The maximum absolute atomic E-state index is 12.5. The number of likely N-dealkylation sites (N-methyl/N-ethyl adjacent to an activating group) is 1. The molecule has 1 aromatic heterocycles. The van der Waals surface area contributed by atoms with E-state index in [2.05, 4.69) is 22.1 Å². The fraction of sp³-hybridized carbons (Fsp3) is 0.667. The minimum absolute atomic E-state index is 0.0386. The van der Waals surface area contributed by atoms with Gasteiger partial charge < -0.3 is 19.4 Å². The Labute approximate surface area is 149 Å². The van der Waals surface area contributed by atoms with Gasteiger partial charge in [-0.2, -0.15) is 0 Å². The first-order chi connectivity index (χ1) is 12.1. The van der Waals surface area contributed by atoms with Crippen molar-refractivity contribution in [2.45, 2.75) is 38.8 Å². The molecule has 0 radical (unpaired) electrons. The topological polar surface area (TPSA) is 68.6 Å². The Morgan fingerprint density at radius 1 is 1.44 bits per heavy atom. The molecular formula is C18H28N4O3. The number of carbonyl (C=O) groups is 1. The molecule has 1 saturated heterocycles. The average molecular weight is 348 g/mol. The maximum atomic E-state index is 12.5. The van der Waals surface area contributed by atoms with Gasteiger partial charge in [0.1, 0.15) is 11.6 Å². The number of amides is 1. The summed E-state index contributed by atoms with van der Waals surface area (Å²) in [5, 5.41) is 3.04. The van der Waals surface area contributed by atoms with Crippen LogP contribution in [0.25, 0.3) is 0 Å². The van der Waals surface area contributed by atoms with E-state index in [0.29, 0.717) is 19.8 Å². The summed E-state index contributed by atoms with van der Waals surface area (Å²) in [6.45, 7) is 7.62. The Bertz CT molecular complexity index is 640. The molecule has 7 nitrogen and oxygen atoms in total. The molecule has 0 aliphatic carbocycles. The van der Waals surface area contributed by atoms with Gasteiger partial charge in [0, 0.05) is 32.5 Å². The van der Waals surface area contributed by atoms with Gasteiger partial charge in [0.15, 0.2) is 0 Å². The van der Waals surface area contributed by atoms with Crippen molar-refractivity contribution in [1.82, 2.24) is 19.8 Å². The van der Waals surface area contributed by atoms with Crippen LogP contribution in [0.3, 0.4) is 0 Å². The highest BCUT2D eigenvalue weighted by atomic mass is 16.5. The lowest BCUT2D eigenvalue weighted by Gasteiger charge is -2.40. The number of aryl methyl sites for hydroxylation is 1. The largest absolute Gasteiger partial charge is 0.498 e. The lowest BCUT2D eigenvalue weighted by atomic mass is 10.0. The highest BCUT2D eigenvalue weighted by Crippen LogP contribution is 2.28. The number of carbonyl (C=O) groups excluding carboxylic acids is 1. The van der Waals surface area contributed by atoms with Crippen molar-refractivity contribution in [2.24, 2.45) is 7.05 Å². The lowest BCUT2D eigenvalue weighted by Crippen LogP contribution is -2.50. The van der Waals surface area contributed by atoms with E-state index in [0.717, 1.165) is 43.1 Å². The zero-order chi connectivity index (χ0) is 17.8. The summed E-state index contributed by atoms with van der Waals surface area (Å²) in [4.78, 5) is 19.4. The number of imidazole rings is 1. The van der Waals surface area contributed by atoms with Crippen molar-refractivity contribution < 1.29 is 14.3 Å². The van der Waals surface area contributed by atoms with Crippen molar-refractivity contribution in [3.8, 4) is 0 Å². The molecule has 3 heterocycles. The van der Waals surface area contributed by atoms with Gasteiger partial charge in [0.25, 0.3) is 5.91 Å². The van der Waals surface area contributed by atoms with Crippen LogP contribution in [0.2, 0.25) is 0 Å². The summed E-state index contributed by atoms with van der Waals surface area (Å²) < 4.78 is 13.5. The number of allylic oxidation sites excluding steroid dienone is 1. The summed E-state index contributed by atoms with van der Waals surface area (Å²) in [5.74, 6) is 1.66. The second-order valence-corrected chi connectivity index (χ2v) is 6.58. The molecule has 2 aliphatic rings. The molecule has 138 valence electrons. The van der Waals surface area contributed by atoms with Crippen LogP contribution in [0.1, 0.15) is 38.6 Å². The molecule has 2 aliphatic heterocycles. The van der Waals surface area contributed by atoms with Crippen molar-refractivity contribution in [2.75, 3.05) is 32.8 Å². The zero-order valence-electron chi connectivity index (χ0n) is 15.3. The van der Waals surface area contributed by atoms with E-state index in [1.807, 2.05) is 24.7 Å². The first-order valence-corrected chi connectivity index (χ1v) is 9.05. The molecule has 1 amide bonds. The predicted octanol–water partition coefficient (Wildman–Crippen LogP) is 1.38. The Hall–Kier alpha value is -1.86. The van der Waals surface area contributed by atoms with E-state index in [-0.39, 0.29) is 18.1 Å². The molecule has 2 atom stereocenters. The molecule has 1 N–H and O–H groups in total. The number of morpholine rings is 1. The van der Waals surface area contributed by atoms with Gasteiger partial charge in [0.2, 0.25) is 0 Å². The monoisotopic (exact) mass is 348 g/mol. The minimum Gasteiger partial charge on any atom is -0.498 e. The summed E-state index contributed by atoms with van der Waals surface area (Å²) in [7, 11) is 1.99. The molecule has 0 spiro atoms. The van der Waals surface area contributed by atoms with E-state index >= 15 is 0 Å². The second kappa shape index (κ2) is 8.01. The smallest absolute Gasteiger partial charge is 0.250 e. The Kier molecular flexibility index (Phi) is 5.75. The van der Waals surface area contributed by atoms with Gasteiger partial charge in [-0.3, -0.25) is 9.69 Å². The molecule has 1 fully saturated rings. The van der Waals surface area contributed by atoms with Gasteiger partial charge in [-0.15, -0.1) is 0 Å². The molecule has 0 bridgehead atoms. The van der Waals surface area contributed by atoms with Crippen LogP contribution in [0.5, 0.6) is 0 Å². The molecule has 0 unspecified atom stereocenters. The number of nitrogens with zero attached hydrogens (tertiary/aromatic N) is 3.